The van der Waals surface area contributed by atoms with Crippen LogP contribution in [0.25, 0.3) is 5.57 Å². The van der Waals surface area contributed by atoms with Crippen LogP contribution in [0.2, 0.25) is 0 Å². The van der Waals surface area contributed by atoms with Gasteiger partial charge in [-0.05, 0) is 49.0 Å². The van der Waals surface area contributed by atoms with Crippen LogP contribution in [0, 0.1) is 6.92 Å². The van der Waals surface area contributed by atoms with E-state index >= 15 is 0 Å². The molecular weight excluding hydrogens is 168 g/mol. The molecule has 0 unspecified atom stereocenters. The van der Waals surface area contributed by atoms with E-state index in [0.29, 0.717) is 0 Å². The number of benzene rings is 1. The van der Waals surface area contributed by atoms with Gasteiger partial charge >= 0.3 is 0 Å². The molecule has 0 radical (unpaired) electrons. The first kappa shape index (κ1) is 9.26. The van der Waals surface area contributed by atoms with E-state index in [0.717, 1.165) is 0 Å². The van der Waals surface area contributed by atoms with Gasteiger partial charge in [0.25, 0.3) is 0 Å². The minimum atomic E-state index is 1.18. The molecule has 0 heterocycles. The summed E-state index contributed by atoms with van der Waals surface area (Å²) in [6.45, 7) is 4.39. The van der Waals surface area contributed by atoms with Crippen LogP contribution >= 0.6 is 0 Å². The van der Waals surface area contributed by atoms with Gasteiger partial charge in [0.2, 0.25) is 0 Å². The summed E-state index contributed by atoms with van der Waals surface area (Å²) in [5, 5.41) is 0. The molecule has 1 aliphatic rings. The highest BCUT2D eigenvalue weighted by molar-refractivity contribution is 5.73. The third-order valence-corrected chi connectivity index (χ3v) is 2.88. The zero-order valence-corrected chi connectivity index (χ0v) is 8.88. The molecule has 0 nitrogen and oxygen atoms in total. The van der Waals surface area contributed by atoms with Crippen LogP contribution in [0.1, 0.15) is 30.9 Å². The number of rotatable bonds is 1. The molecule has 0 saturated carbocycles. The summed E-state index contributed by atoms with van der Waals surface area (Å²) in [6.07, 6.45) is 6.87. The molecule has 0 aromatic heterocycles. The van der Waals surface area contributed by atoms with Crippen molar-refractivity contribution in [3.05, 3.63) is 53.1 Å². The SMILES string of the molecule is CC1=C(c2ccccc2C)CCC=C1. The van der Waals surface area contributed by atoms with Crippen LogP contribution in [0.3, 0.4) is 0 Å². The lowest BCUT2D eigenvalue weighted by Gasteiger charge is -2.15. The highest BCUT2D eigenvalue weighted by Crippen LogP contribution is 2.29. The van der Waals surface area contributed by atoms with E-state index in [1.54, 1.807) is 0 Å². The Morgan fingerprint density at radius 2 is 1.86 bits per heavy atom. The zero-order chi connectivity index (χ0) is 9.97. The summed E-state index contributed by atoms with van der Waals surface area (Å²) in [5.41, 5.74) is 5.75. The third-order valence-electron chi connectivity index (χ3n) is 2.88. The quantitative estimate of drug-likeness (QED) is 0.616. The second-order valence-electron chi connectivity index (χ2n) is 3.92. The van der Waals surface area contributed by atoms with Crippen molar-refractivity contribution in [3.8, 4) is 0 Å². The van der Waals surface area contributed by atoms with E-state index in [1.165, 1.54) is 35.1 Å². The highest BCUT2D eigenvalue weighted by atomic mass is 14.1. The maximum Gasteiger partial charge on any atom is -0.0192 e. The Balaban J connectivity index is 2.49. The fourth-order valence-electron chi connectivity index (χ4n) is 2.04. The van der Waals surface area contributed by atoms with E-state index in [4.69, 9.17) is 0 Å². The molecule has 72 valence electrons. The lowest BCUT2D eigenvalue weighted by molar-refractivity contribution is 1.03. The fraction of sp³-hybridized carbons (Fsp3) is 0.286. The highest BCUT2D eigenvalue weighted by Gasteiger charge is 2.08. The topological polar surface area (TPSA) is 0 Å². The largest absolute Gasteiger partial charge is 0.0839 e. The lowest BCUT2D eigenvalue weighted by Crippen LogP contribution is -1.94. The molecule has 1 aromatic rings. The van der Waals surface area contributed by atoms with E-state index in [9.17, 15) is 0 Å². The van der Waals surface area contributed by atoms with Crippen molar-refractivity contribution in [3.63, 3.8) is 0 Å². The molecule has 0 amide bonds. The lowest BCUT2D eigenvalue weighted by atomic mass is 9.90. The van der Waals surface area contributed by atoms with Gasteiger partial charge in [0.15, 0.2) is 0 Å². The first-order valence-electron chi connectivity index (χ1n) is 5.21. The summed E-state index contributed by atoms with van der Waals surface area (Å²) in [6, 6.07) is 8.65. The normalized spacial score (nSPS) is 16.1. The molecule has 0 heteroatoms. The minimum Gasteiger partial charge on any atom is -0.0839 e. The zero-order valence-electron chi connectivity index (χ0n) is 8.88. The van der Waals surface area contributed by atoms with Crippen LogP contribution < -0.4 is 0 Å². The van der Waals surface area contributed by atoms with Gasteiger partial charge in [-0.1, -0.05) is 36.4 Å². The first-order chi connectivity index (χ1) is 6.79. The Kier molecular flexibility index (Phi) is 2.53. The van der Waals surface area contributed by atoms with Crippen LogP contribution in [0.5, 0.6) is 0 Å². The van der Waals surface area contributed by atoms with Crippen LogP contribution in [-0.4, -0.2) is 0 Å². The van der Waals surface area contributed by atoms with Crippen LogP contribution in [-0.2, 0) is 0 Å². The molecule has 1 aliphatic carbocycles. The summed E-state index contributed by atoms with van der Waals surface area (Å²) >= 11 is 0. The molecule has 0 aliphatic heterocycles. The Labute approximate surface area is 86.0 Å². The van der Waals surface area contributed by atoms with Crippen molar-refractivity contribution in [2.75, 3.05) is 0 Å². The summed E-state index contributed by atoms with van der Waals surface area (Å²) in [4.78, 5) is 0. The van der Waals surface area contributed by atoms with Gasteiger partial charge in [-0.2, -0.15) is 0 Å². The molecule has 0 atom stereocenters. The van der Waals surface area contributed by atoms with Gasteiger partial charge in [0, 0.05) is 0 Å². The molecule has 1 aromatic carbocycles. The average Bonchev–Trinajstić information content (AvgIpc) is 2.20. The van der Waals surface area contributed by atoms with Crippen LogP contribution in [0.15, 0.2) is 42.0 Å². The molecule has 2 rings (SSSR count). The number of aryl methyl sites for hydroxylation is 1. The van der Waals surface area contributed by atoms with Gasteiger partial charge < -0.3 is 0 Å². The predicted octanol–water partition coefficient (Wildman–Crippen LogP) is 4.12. The van der Waals surface area contributed by atoms with E-state index in [-0.39, 0.29) is 0 Å². The smallest absolute Gasteiger partial charge is 0.0192 e. The number of hydrogen-bond donors (Lipinski definition) is 0. The van der Waals surface area contributed by atoms with Gasteiger partial charge in [0.1, 0.15) is 0 Å². The van der Waals surface area contributed by atoms with Crippen molar-refractivity contribution in [2.24, 2.45) is 0 Å². The summed E-state index contributed by atoms with van der Waals surface area (Å²) in [5.74, 6) is 0. The maximum absolute atomic E-state index is 2.26. The second-order valence-corrected chi connectivity index (χ2v) is 3.92. The summed E-state index contributed by atoms with van der Waals surface area (Å²) < 4.78 is 0. The summed E-state index contributed by atoms with van der Waals surface area (Å²) in [7, 11) is 0. The Hall–Kier alpha value is -1.30. The van der Waals surface area contributed by atoms with Crippen molar-refractivity contribution in [1.29, 1.82) is 0 Å². The minimum absolute atomic E-state index is 1.18. The van der Waals surface area contributed by atoms with Gasteiger partial charge in [-0.15, -0.1) is 0 Å². The molecule has 0 spiro atoms. The fourth-order valence-corrected chi connectivity index (χ4v) is 2.04. The standard InChI is InChI=1S/C14H16/c1-11-7-3-5-9-13(11)14-10-6-4-8-12(14)2/h3-5,7-9H,6,10H2,1-2H3. The van der Waals surface area contributed by atoms with Crippen LogP contribution in [0.4, 0.5) is 0 Å². The number of hydrogen-bond acceptors (Lipinski definition) is 0. The average molecular weight is 184 g/mol. The van der Waals surface area contributed by atoms with E-state index < -0.39 is 0 Å². The predicted molar refractivity (Wildman–Crippen MR) is 62.1 cm³/mol. The second kappa shape index (κ2) is 3.83. The monoisotopic (exact) mass is 184 g/mol. The Morgan fingerprint density at radius 3 is 2.57 bits per heavy atom. The van der Waals surface area contributed by atoms with Gasteiger partial charge in [-0.3, -0.25) is 0 Å². The molecule has 0 N–H and O–H groups in total. The van der Waals surface area contributed by atoms with Crippen molar-refractivity contribution < 1.29 is 0 Å². The third kappa shape index (κ3) is 1.65. The van der Waals surface area contributed by atoms with Crippen molar-refractivity contribution in [1.82, 2.24) is 0 Å². The van der Waals surface area contributed by atoms with Crippen molar-refractivity contribution >= 4 is 5.57 Å². The molecular formula is C14H16. The molecule has 0 bridgehead atoms. The van der Waals surface area contributed by atoms with E-state index in [2.05, 4.69) is 50.3 Å². The Bertz CT molecular complexity index is 394. The molecule has 0 saturated heterocycles. The first-order valence-corrected chi connectivity index (χ1v) is 5.21. The maximum atomic E-state index is 2.26. The van der Waals surface area contributed by atoms with Gasteiger partial charge in [0.05, 0.1) is 0 Å². The number of allylic oxidation sites excluding steroid dienone is 4. The van der Waals surface area contributed by atoms with Gasteiger partial charge in [-0.25, -0.2) is 0 Å². The molecule has 14 heavy (non-hydrogen) atoms. The van der Waals surface area contributed by atoms with E-state index in [1.807, 2.05) is 0 Å². The molecule has 0 fully saturated rings. The Morgan fingerprint density at radius 1 is 1.07 bits per heavy atom. The van der Waals surface area contributed by atoms with Crippen molar-refractivity contribution in [2.45, 2.75) is 26.7 Å².